The summed E-state index contributed by atoms with van der Waals surface area (Å²) in [4.78, 5) is 4.30. The fourth-order valence-electron chi connectivity index (χ4n) is 2.31. The summed E-state index contributed by atoms with van der Waals surface area (Å²) in [5.41, 5.74) is 3.61. The second-order valence-corrected chi connectivity index (χ2v) is 6.03. The maximum atomic E-state index is 4.94. The molecule has 3 nitrogen and oxygen atoms in total. The van der Waals surface area contributed by atoms with Crippen LogP contribution in [0.2, 0.25) is 0 Å². The van der Waals surface area contributed by atoms with Crippen molar-refractivity contribution in [3.63, 3.8) is 0 Å². The SMILES string of the molecule is CC(C)NCc1cncc(-c2ccccc2)c1.c1ccc2c(c1)O2. The molecule has 1 aromatic heterocycles. The predicted octanol–water partition coefficient (Wildman–Crippen LogP) is 5.04. The van der Waals surface area contributed by atoms with Gasteiger partial charge in [0, 0.05) is 30.5 Å². The number of hydrogen-bond donors (Lipinski definition) is 1. The normalized spacial score (nSPS) is 11.1. The van der Waals surface area contributed by atoms with E-state index in [1.165, 1.54) is 16.7 Å². The number of nitrogens with one attached hydrogen (secondary N) is 1. The Morgan fingerprint density at radius 2 is 1.54 bits per heavy atom. The predicted molar refractivity (Wildman–Crippen MR) is 98.2 cm³/mol. The van der Waals surface area contributed by atoms with Gasteiger partial charge in [-0.1, -0.05) is 56.3 Å². The topological polar surface area (TPSA) is 37.5 Å². The Morgan fingerprint density at radius 1 is 0.875 bits per heavy atom. The van der Waals surface area contributed by atoms with E-state index in [0.29, 0.717) is 6.04 Å². The molecule has 1 N–H and O–H groups in total. The number of fused-ring (bicyclic) bond motifs is 1. The van der Waals surface area contributed by atoms with Crippen LogP contribution in [0.3, 0.4) is 0 Å². The van der Waals surface area contributed by atoms with E-state index in [9.17, 15) is 0 Å². The number of hydrogen-bond acceptors (Lipinski definition) is 3. The van der Waals surface area contributed by atoms with Gasteiger partial charge < -0.3 is 10.1 Å². The maximum absolute atomic E-state index is 4.94. The maximum Gasteiger partial charge on any atom is 0.170 e. The molecular weight excluding hydrogens is 296 g/mol. The number of para-hydroxylation sites is 2. The van der Waals surface area contributed by atoms with Crippen molar-refractivity contribution >= 4 is 0 Å². The summed E-state index contributed by atoms with van der Waals surface area (Å²) >= 11 is 0. The van der Waals surface area contributed by atoms with Crippen LogP contribution in [0.15, 0.2) is 73.1 Å². The Kier molecular flexibility index (Phi) is 5.24. The molecule has 0 saturated heterocycles. The lowest BCUT2D eigenvalue weighted by Gasteiger charge is -2.09. The van der Waals surface area contributed by atoms with Crippen LogP contribution < -0.4 is 10.1 Å². The molecule has 0 atom stereocenters. The van der Waals surface area contributed by atoms with E-state index in [0.717, 1.165) is 18.0 Å². The van der Waals surface area contributed by atoms with Crippen LogP contribution in [0, 0.1) is 0 Å². The van der Waals surface area contributed by atoms with E-state index in [1.54, 1.807) is 0 Å². The first-order valence-electron chi connectivity index (χ1n) is 8.22. The standard InChI is InChI=1S/C15H18N2.C6H4O/c1-12(2)17-10-13-8-15(11-16-9-13)14-6-4-3-5-7-14;1-2-4-6-5(3-1)7-6/h3-9,11-12,17H,10H2,1-2H3;1-4H. The van der Waals surface area contributed by atoms with Crippen LogP contribution in [0.5, 0.6) is 11.5 Å². The van der Waals surface area contributed by atoms with Gasteiger partial charge in [-0.2, -0.15) is 0 Å². The van der Waals surface area contributed by atoms with Crippen molar-refractivity contribution in [1.29, 1.82) is 0 Å². The van der Waals surface area contributed by atoms with Gasteiger partial charge in [0.15, 0.2) is 11.5 Å². The molecule has 24 heavy (non-hydrogen) atoms. The molecule has 3 aromatic rings. The highest BCUT2D eigenvalue weighted by molar-refractivity contribution is 5.62. The average molecular weight is 318 g/mol. The molecule has 1 aliphatic rings. The Bertz CT molecular complexity index is 764. The van der Waals surface area contributed by atoms with E-state index >= 15 is 0 Å². The van der Waals surface area contributed by atoms with E-state index in [2.05, 4.69) is 42.3 Å². The molecule has 2 heterocycles. The lowest BCUT2D eigenvalue weighted by atomic mass is 10.1. The number of nitrogens with zero attached hydrogens (tertiary/aromatic N) is 1. The van der Waals surface area contributed by atoms with Crippen molar-refractivity contribution in [3.05, 3.63) is 78.6 Å². The van der Waals surface area contributed by atoms with E-state index in [4.69, 9.17) is 4.74 Å². The minimum atomic E-state index is 0.496. The van der Waals surface area contributed by atoms with Gasteiger partial charge in [0.2, 0.25) is 0 Å². The van der Waals surface area contributed by atoms with E-state index in [-0.39, 0.29) is 0 Å². The van der Waals surface area contributed by atoms with Gasteiger partial charge in [-0.25, -0.2) is 0 Å². The van der Waals surface area contributed by atoms with Crippen molar-refractivity contribution in [2.75, 3.05) is 0 Å². The second-order valence-electron chi connectivity index (χ2n) is 6.03. The van der Waals surface area contributed by atoms with Gasteiger partial charge in [-0.15, -0.1) is 0 Å². The molecule has 0 radical (unpaired) electrons. The zero-order chi connectivity index (χ0) is 16.8. The van der Waals surface area contributed by atoms with Crippen molar-refractivity contribution < 1.29 is 4.74 Å². The minimum absolute atomic E-state index is 0.496. The van der Waals surface area contributed by atoms with Crippen LogP contribution in [0.25, 0.3) is 11.1 Å². The van der Waals surface area contributed by atoms with Crippen molar-refractivity contribution in [2.24, 2.45) is 0 Å². The molecule has 0 amide bonds. The summed E-state index contributed by atoms with van der Waals surface area (Å²) in [5.74, 6) is 2.06. The molecule has 0 bridgehead atoms. The number of benzene rings is 2. The summed E-state index contributed by atoms with van der Waals surface area (Å²) < 4.78 is 4.94. The van der Waals surface area contributed by atoms with E-state index < -0.39 is 0 Å². The molecule has 0 aliphatic carbocycles. The van der Waals surface area contributed by atoms with E-state index in [1.807, 2.05) is 54.9 Å². The molecule has 3 heteroatoms. The summed E-state index contributed by atoms with van der Waals surface area (Å²) in [6, 6.07) is 20.9. The molecule has 0 unspecified atom stereocenters. The van der Waals surface area contributed by atoms with Crippen LogP contribution in [0.4, 0.5) is 0 Å². The average Bonchev–Trinajstić information content (AvgIpc) is 3.41. The number of ether oxygens (including phenoxy) is 1. The smallest absolute Gasteiger partial charge is 0.170 e. The zero-order valence-corrected chi connectivity index (χ0v) is 14.1. The summed E-state index contributed by atoms with van der Waals surface area (Å²) in [5, 5.41) is 3.40. The third-order valence-corrected chi connectivity index (χ3v) is 3.64. The fraction of sp³-hybridized carbons (Fsp3) is 0.190. The second kappa shape index (κ2) is 7.75. The lowest BCUT2D eigenvalue weighted by molar-refractivity contribution is 0.588. The lowest BCUT2D eigenvalue weighted by Crippen LogP contribution is -2.21. The van der Waals surface area contributed by atoms with Crippen molar-refractivity contribution in [1.82, 2.24) is 10.3 Å². The molecule has 0 fully saturated rings. The van der Waals surface area contributed by atoms with Crippen molar-refractivity contribution in [2.45, 2.75) is 26.4 Å². The number of aromatic nitrogens is 1. The molecule has 0 saturated carbocycles. The van der Waals surface area contributed by atoms with Gasteiger partial charge in [-0.05, 0) is 29.3 Å². The van der Waals surface area contributed by atoms with Crippen molar-refractivity contribution in [3.8, 4) is 22.6 Å². The molecule has 1 aliphatic heterocycles. The highest BCUT2D eigenvalue weighted by Gasteiger charge is 2.15. The number of rotatable bonds is 4. The third-order valence-electron chi connectivity index (χ3n) is 3.64. The minimum Gasteiger partial charge on any atom is -0.450 e. The van der Waals surface area contributed by atoms with Gasteiger partial charge >= 0.3 is 0 Å². The Labute approximate surface area is 143 Å². The molecule has 4 rings (SSSR count). The largest absolute Gasteiger partial charge is 0.450 e. The van der Waals surface area contributed by atoms with Gasteiger partial charge in [0.25, 0.3) is 0 Å². The summed E-state index contributed by atoms with van der Waals surface area (Å²) in [6.45, 7) is 5.16. The first kappa shape index (κ1) is 16.2. The Morgan fingerprint density at radius 3 is 2.17 bits per heavy atom. The Hall–Kier alpha value is -2.65. The third kappa shape index (κ3) is 4.67. The molecule has 0 spiro atoms. The summed E-state index contributed by atoms with van der Waals surface area (Å²) in [7, 11) is 0. The molecular formula is C21H22N2O. The highest BCUT2D eigenvalue weighted by Crippen LogP contribution is 2.43. The number of pyridine rings is 1. The first-order valence-corrected chi connectivity index (χ1v) is 8.22. The molecule has 122 valence electrons. The van der Waals surface area contributed by atoms with Gasteiger partial charge in [-0.3, -0.25) is 4.98 Å². The van der Waals surface area contributed by atoms with Crippen LogP contribution in [0.1, 0.15) is 19.4 Å². The quantitative estimate of drug-likeness (QED) is 0.536. The highest BCUT2D eigenvalue weighted by atomic mass is 16.6. The van der Waals surface area contributed by atoms with Gasteiger partial charge in [0.05, 0.1) is 0 Å². The van der Waals surface area contributed by atoms with Crippen LogP contribution >= 0.6 is 0 Å². The fourth-order valence-corrected chi connectivity index (χ4v) is 2.31. The summed E-state index contributed by atoms with van der Waals surface area (Å²) in [6.07, 6.45) is 3.83. The monoisotopic (exact) mass is 318 g/mol. The van der Waals surface area contributed by atoms with Crippen LogP contribution in [-0.2, 0) is 6.54 Å². The van der Waals surface area contributed by atoms with Gasteiger partial charge in [0.1, 0.15) is 0 Å². The zero-order valence-electron chi connectivity index (χ0n) is 14.1. The molecule has 2 aromatic carbocycles. The van der Waals surface area contributed by atoms with Crippen LogP contribution in [-0.4, -0.2) is 11.0 Å². The Balaban J connectivity index is 0.000000198. The first-order chi connectivity index (χ1) is 11.7.